The maximum absolute atomic E-state index is 12.1. The Kier molecular flexibility index (Phi) is 5.27. The normalized spacial score (nSPS) is 32.7. The lowest BCUT2D eigenvalue weighted by atomic mass is 9.96. The molecular weight excluding hydrogens is 278 g/mol. The zero-order chi connectivity index (χ0) is 15.4. The number of amides is 1. The van der Waals surface area contributed by atoms with Crippen LogP contribution in [0, 0.1) is 0 Å². The zero-order valence-electron chi connectivity index (χ0n) is 11.5. The van der Waals surface area contributed by atoms with Crippen LogP contribution in [-0.4, -0.2) is 65.6 Å². The first-order chi connectivity index (χ1) is 10.1. The molecule has 0 aliphatic carbocycles. The highest BCUT2D eigenvalue weighted by Crippen LogP contribution is 2.22. The summed E-state index contributed by atoms with van der Waals surface area (Å²) in [5.41, 5.74) is 0.415. The first-order valence-electron chi connectivity index (χ1n) is 6.59. The second-order valence-corrected chi connectivity index (χ2v) is 4.80. The molecule has 0 aromatic heterocycles. The monoisotopic (exact) mass is 297 g/mol. The van der Waals surface area contributed by atoms with Gasteiger partial charge in [-0.3, -0.25) is 4.79 Å². The molecule has 1 aromatic rings. The Hall–Kier alpha value is -1.51. The van der Waals surface area contributed by atoms with Crippen LogP contribution in [0.3, 0.4) is 0 Å². The number of carbonyl (C=O) groups is 1. The average Bonchev–Trinajstić information content (AvgIpc) is 2.51. The summed E-state index contributed by atoms with van der Waals surface area (Å²) in [4.78, 5) is 12.1. The Morgan fingerprint density at radius 3 is 2.57 bits per heavy atom. The van der Waals surface area contributed by atoms with E-state index in [1.54, 1.807) is 30.3 Å². The quantitative estimate of drug-likeness (QED) is 0.560. The summed E-state index contributed by atoms with van der Waals surface area (Å²) in [6, 6.07) is 7.52. The molecule has 0 saturated carbocycles. The maximum atomic E-state index is 12.1. The number of benzene rings is 1. The second kappa shape index (κ2) is 6.97. The van der Waals surface area contributed by atoms with Crippen LogP contribution < -0.4 is 5.32 Å². The van der Waals surface area contributed by atoms with Crippen molar-refractivity contribution in [3.63, 3.8) is 0 Å². The lowest BCUT2D eigenvalue weighted by molar-refractivity contribution is -0.257. The van der Waals surface area contributed by atoms with Gasteiger partial charge in [-0.05, 0) is 12.1 Å². The van der Waals surface area contributed by atoms with E-state index in [0.29, 0.717) is 5.56 Å². The first kappa shape index (κ1) is 15.9. The number of hydrogen-bond acceptors (Lipinski definition) is 6. The summed E-state index contributed by atoms with van der Waals surface area (Å²) < 4.78 is 10.2. The van der Waals surface area contributed by atoms with E-state index in [1.165, 1.54) is 7.11 Å². The number of carbonyl (C=O) groups excluding carboxylic acids is 1. The Balaban J connectivity index is 2.12. The van der Waals surface area contributed by atoms with Crippen molar-refractivity contribution in [2.75, 3.05) is 13.7 Å². The van der Waals surface area contributed by atoms with E-state index < -0.39 is 43.2 Å². The lowest BCUT2D eigenvalue weighted by Crippen LogP contribution is -2.64. The molecule has 21 heavy (non-hydrogen) atoms. The van der Waals surface area contributed by atoms with Gasteiger partial charge in [-0.1, -0.05) is 18.2 Å². The van der Waals surface area contributed by atoms with E-state index in [1.807, 2.05) is 0 Å². The third-order valence-corrected chi connectivity index (χ3v) is 3.48. The molecule has 0 radical (unpaired) electrons. The van der Waals surface area contributed by atoms with Crippen LogP contribution in [0.15, 0.2) is 30.3 Å². The van der Waals surface area contributed by atoms with Gasteiger partial charge in [0.1, 0.15) is 24.4 Å². The van der Waals surface area contributed by atoms with Crippen molar-refractivity contribution in [1.82, 2.24) is 5.32 Å². The van der Waals surface area contributed by atoms with Crippen molar-refractivity contribution in [2.24, 2.45) is 0 Å². The Labute approximate surface area is 122 Å². The van der Waals surface area contributed by atoms with E-state index in [0.717, 1.165) is 0 Å². The SMILES string of the molecule is CO[C@@H]1[C@@H](O)[C@@H](CO)O[C@@H](O)[C@H]1NC(=O)c1ccccc1. The molecule has 116 valence electrons. The molecule has 1 heterocycles. The molecule has 0 bridgehead atoms. The third kappa shape index (κ3) is 3.39. The summed E-state index contributed by atoms with van der Waals surface area (Å²) in [5.74, 6) is -0.417. The number of nitrogens with one attached hydrogen (secondary N) is 1. The van der Waals surface area contributed by atoms with Gasteiger partial charge in [-0.2, -0.15) is 0 Å². The van der Waals surface area contributed by atoms with Gasteiger partial charge in [0.05, 0.1) is 6.61 Å². The Morgan fingerprint density at radius 2 is 2.00 bits per heavy atom. The average molecular weight is 297 g/mol. The van der Waals surface area contributed by atoms with Gasteiger partial charge in [-0.25, -0.2) is 0 Å². The topological polar surface area (TPSA) is 108 Å². The summed E-state index contributed by atoms with van der Waals surface area (Å²) in [5, 5.41) is 31.7. The molecule has 0 unspecified atom stereocenters. The molecule has 0 spiro atoms. The lowest BCUT2D eigenvalue weighted by Gasteiger charge is -2.41. The highest BCUT2D eigenvalue weighted by molar-refractivity contribution is 5.94. The molecule has 1 amide bonds. The predicted molar refractivity (Wildman–Crippen MR) is 72.5 cm³/mol. The summed E-state index contributed by atoms with van der Waals surface area (Å²) >= 11 is 0. The maximum Gasteiger partial charge on any atom is 0.251 e. The highest BCUT2D eigenvalue weighted by atomic mass is 16.6. The number of aliphatic hydroxyl groups is 3. The molecule has 1 aliphatic heterocycles. The Bertz CT molecular complexity index is 468. The van der Waals surface area contributed by atoms with Crippen LogP contribution in [0.2, 0.25) is 0 Å². The number of rotatable bonds is 4. The van der Waals surface area contributed by atoms with E-state index >= 15 is 0 Å². The Morgan fingerprint density at radius 1 is 1.33 bits per heavy atom. The van der Waals surface area contributed by atoms with Gasteiger partial charge >= 0.3 is 0 Å². The number of aliphatic hydroxyl groups excluding tert-OH is 3. The van der Waals surface area contributed by atoms with Crippen LogP contribution in [0.1, 0.15) is 10.4 Å². The fourth-order valence-corrected chi connectivity index (χ4v) is 2.35. The molecule has 1 fully saturated rings. The molecule has 2 rings (SSSR count). The minimum absolute atomic E-state index is 0.415. The molecule has 1 aliphatic rings. The van der Waals surface area contributed by atoms with Gasteiger partial charge in [0, 0.05) is 12.7 Å². The van der Waals surface area contributed by atoms with Crippen LogP contribution in [0.5, 0.6) is 0 Å². The summed E-state index contributed by atoms with van der Waals surface area (Å²) in [6.45, 7) is -0.461. The molecule has 7 heteroatoms. The van der Waals surface area contributed by atoms with Crippen molar-refractivity contribution < 1.29 is 29.6 Å². The smallest absolute Gasteiger partial charge is 0.251 e. The fraction of sp³-hybridized carbons (Fsp3) is 0.500. The molecule has 5 atom stereocenters. The van der Waals surface area contributed by atoms with E-state index in [4.69, 9.17) is 14.6 Å². The standard InChI is InChI=1S/C14H19NO6/c1-20-12-10(14(19)21-9(7-16)11(12)17)15-13(18)8-5-3-2-4-6-8/h2-6,9-12,14,16-17,19H,7H2,1H3,(H,15,18)/t9-,10+,11+,12+,14-/m1/s1. The summed E-state index contributed by atoms with van der Waals surface area (Å²) in [7, 11) is 1.35. The number of ether oxygens (including phenoxy) is 2. The van der Waals surface area contributed by atoms with Crippen molar-refractivity contribution in [3.8, 4) is 0 Å². The second-order valence-electron chi connectivity index (χ2n) is 4.80. The molecule has 4 N–H and O–H groups in total. The number of hydrogen-bond donors (Lipinski definition) is 4. The van der Waals surface area contributed by atoms with E-state index in [2.05, 4.69) is 5.32 Å². The third-order valence-electron chi connectivity index (χ3n) is 3.48. The van der Waals surface area contributed by atoms with E-state index in [-0.39, 0.29) is 0 Å². The van der Waals surface area contributed by atoms with Crippen molar-refractivity contribution in [2.45, 2.75) is 30.6 Å². The van der Waals surface area contributed by atoms with Gasteiger partial charge < -0.3 is 30.1 Å². The zero-order valence-corrected chi connectivity index (χ0v) is 11.5. The van der Waals surface area contributed by atoms with Crippen LogP contribution in [-0.2, 0) is 9.47 Å². The first-order valence-corrected chi connectivity index (χ1v) is 6.59. The molecular formula is C14H19NO6. The number of methoxy groups -OCH3 is 1. The van der Waals surface area contributed by atoms with Crippen LogP contribution in [0.4, 0.5) is 0 Å². The largest absolute Gasteiger partial charge is 0.394 e. The van der Waals surface area contributed by atoms with Gasteiger partial charge in [0.15, 0.2) is 6.29 Å². The van der Waals surface area contributed by atoms with Crippen molar-refractivity contribution in [3.05, 3.63) is 35.9 Å². The minimum atomic E-state index is -1.39. The van der Waals surface area contributed by atoms with Gasteiger partial charge in [0.25, 0.3) is 5.91 Å². The van der Waals surface area contributed by atoms with Gasteiger partial charge in [-0.15, -0.1) is 0 Å². The molecule has 1 aromatic carbocycles. The predicted octanol–water partition coefficient (Wildman–Crippen LogP) is -1.13. The summed E-state index contributed by atoms with van der Waals surface area (Å²) in [6.07, 6.45) is -4.40. The molecule has 7 nitrogen and oxygen atoms in total. The fourth-order valence-electron chi connectivity index (χ4n) is 2.35. The van der Waals surface area contributed by atoms with Crippen LogP contribution in [0.25, 0.3) is 0 Å². The van der Waals surface area contributed by atoms with Crippen molar-refractivity contribution in [1.29, 1.82) is 0 Å². The van der Waals surface area contributed by atoms with Crippen LogP contribution >= 0.6 is 0 Å². The molecule has 1 saturated heterocycles. The van der Waals surface area contributed by atoms with Crippen molar-refractivity contribution >= 4 is 5.91 Å². The minimum Gasteiger partial charge on any atom is -0.394 e. The van der Waals surface area contributed by atoms with E-state index in [9.17, 15) is 15.0 Å². The highest BCUT2D eigenvalue weighted by Gasteiger charge is 2.45. The van der Waals surface area contributed by atoms with Gasteiger partial charge in [0.2, 0.25) is 0 Å².